The van der Waals surface area contributed by atoms with Crippen LogP contribution in [-0.2, 0) is 46.6 Å². The van der Waals surface area contributed by atoms with Gasteiger partial charge in [0.25, 0.3) is 15.7 Å². The predicted octanol–water partition coefficient (Wildman–Crippen LogP) is 5.43. The summed E-state index contributed by atoms with van der Waals surface area (Å²) < 4.78 is 44.8. The number of amides is 1. The molecule has 6 heterocycles. The van der Waals surface area contributed by atoms with Crippen LogP contribution in [-0.4, -0.2) is 130 Å². The van der Waals surface area contributed by atoms with Crippen LogP contribution in [0.1, 0.15) is 45.7 Å². The van der Waals surface area contributed by atoms with E-state index in [0.29, 0.717) is 26.7 Å². The number of carbonyl (C=O) groups excluding carboxylic acids is 2. The maximum absolute atomic E-state index is 14.6. The molecule has 4 fully saturated rings. The molecule has 0 radical (unpaired) electrons. The van der Waals surface area contributed by atoms with Gasteiger partial charge in [0.2, 0.25) is 5.91 Å². The normalized spacial score (nSPS) is 26.7. The highest BCUT2D eigenvalue weighted by Gasteiger charge is 2.61. The van der Waals surface area contributed by atoms with Crippen LogP contribution in [0.15, 0.2) is 70.8 Å². The van der Waals surface area contributed by atoms with E-state index in [2.05, 4.69) is 20.8 Å². The van der Waals surface area contributed by atoms with E-state index in [-0.39, 0.29) is 41.9 Å². The topological polar surface area (TPSA) is 174 Å². The van der Waals surface area contributed by atoms with Gasteiger partial charge in [0.05, 0.1) is 46.7 Å². The summed E-state index contributed by atoms with van der Waals surface area (Å²) in [6, 6.07) is 17.2. The van der Waals surface area contributed by atoms with Crippen molar-refractivity contribution in [1.82, 2.24) is 4.90 Å². The number of fused-ring (bicyclic) bond motifs is 4. The minimum atomic E-state index is -4.08. The lowest BCUT2D eigenvalue weighted by Crippen LogP contribution is -2.75. The van der Waals surface area contributed by atoms with E-state index < -0.39 is 59.2 Å². The fourth-order valence-electron chi connectivity index (χ4n) is 11.0. The van der Waals surface area contributed by atoms with E-state index in [1.165, 1.54) is 33.5 Å². The fourth-order valence-corrected chi connectivity index (χ4v) is 15.6. The first-order valence-corrected chi connectivity index (χ1v) is 25.6. The number of nitrogens with zero attached hydrogens (tertiary/aromatic N) is 5. The number of carboxylic acids is 1. The molecule has 61 heavy (non-hydrogen) atoms. The van der Waals surface area contributed by atoms with Gasteiger partial charge < -0.3 is 28.1 Å². The molecule has 17 heteroatoms. The van der Waals surface area contributed by atoms with E-state index >= 15 is 0 Å². The van der Waals surface area contributed by atoms with Gasteiger partial charge in [-0.1, -0.05) is 45.9 Å². The minimum Gasteiger partial charge on any atom is -0.477 e. The standard InChI is InChI=1S/C44H56N5O10SSi/c1-6-61(7-2,8-3)59-30(5)39-41-29(4)35(42(46(41)43(39)52)44(53)58-28-31-12-15-33(16-13-31)47(54)55)26-45-36-11-9-10-34-32(14-17-37(40(34)36)60(45,56)57)18-19-48-20-23-49(24-21-48,25-22-48)27-38(50)51/h9-17,29-30,39,41H,6-8,18-28H2,1-5H3/q+1/p+1/t29-,30+,39?,41?,48?,49?/m0/s1. The zero-order chi connectivity index (χ0) is 43.6. The van der Waals surface area contributed by atoms with Gasteiger partial charge in [0, 0.05) is 29.9 Å². The number of carboxylic acid groups (broad SMARTS) is 1. The highest BCUT2D eigenvalue weighted by Crippen LogP contribution is 2.51. The minimum absolute atomic E-state index is 0.0415. The Morgan fingerprint density at radius 3 is 2.21 bits per heavy atom. The monoisotopic (exact) mass is 875 g/mol. The number of quaternary nitrogens is 2. The second-order valence-corrected chi connectivity index (χ2v) is 24.5. The van der Waals surface area contributed by atoms with Crippen LogP contribution in [0.2, 0.25) is 18.1 Å². The SMILES string of the molecule is CC[Si](CC)(CC)O[C@H](C)C1C(=O)N2C(C(=O)OCc3ccc([N+](=O)[O-])cc3)=C(CN3c4cccc5c(CC[N+]67CC[N+](CC(=O)O)(CC6)CC7)ccc(c45)S3(=O)=O)[C@H](C)C12. The molecule has 3 aromatic rings. The summed E-state index contributed by atoms with van der Waals surface area (Å²) in [5.74, 6) is -2.70. The molecule has 2 unspecified atom stereocenters. The Labute approximate surface area is 358 Å². The van der Waals surface area contributed by atoms with Gasteiger partial charge in [-0.3, -0.25) is 19.2 Å². The molecule has 326 valence electrons. The van der Waals surface area contributed by atoms with Gasteiger partial charge in [-0.15, -0.1) is 0 Å². The number of hydrogen-bond acceptors (Lipinski definition) is 9. The summed E-state index contributed by atoms with van der Waals surface area (Å²) in [5, 5.41) is 22.2. The Kier molecular flexibility index (Phi) is 11.2. The predicted molar refractivity (Wildman–Crippen MR) is 230 cm³/mol. The van der Waals surface area contributed by atoms with Crippen LogP contribution in [0.3, 0.4) is 0 Å². The summed E-state index contributed by atoms with van der Waals surface area (Å²) in [6.45, 7) is 16.3. The molecule has 4 atom stereocenters. The number of anilines is 1. The summed E-state index contributed by atoms with van der Waals surface area (Å²) in [5.41, 5.74) is 2.52. The molecule has 0 saturated carbocycles. The number of sulfonamides is 1. The lowest BCUT2D eigenvalue weighted by Gasteiger charge is -2.55. The number of β-lactam (4-membered cyclic amide) rings is 1. The van der Waals surface area contributed by atoms with Crippen molar-refractivity contribution in [3.05, 3.63) is 87.1 Å². The summed E-state index contributed by atoms with van der Waals surface area (Å²) in [7, 11) is -6.19. The Morgan fingerprint density at radius 1 is 0.967 bits per heavy atom. The molecule has 1 amide bonds. The third-order valence-electron chi connectivity index (χ3n) is 15.1. The molecule has 4 saturated heterocycles. The first kappa shape index (κ1) is 43.0. The number of carbonyl (C=O) groups is 3. The smallest absolute Gasteiger partial charge is 0.359 e. The van der Waals surface area contributed by atoms with E-state index in [1.807, 2.05) is 32.0 Å². The molecule has 1 N–H and O–H groups in total. The molecule has 3 aromatic carbocycles. The average Bonchev–Trinajstić information content (AvgIpc) is 3.62. The van der Waals surface area contributed by atoms with Crippen LogP contribution < -0.4 is 4.31 Å². The lowest BCUT2D eigenvalue weighted by molar-refractivity contribution is -1.08. The van der Waals surface area contributed by atoms with Gasteiger partial charge in [0.15, 0.2) is 14.9 Å². The van der Waals surface area contributed by atoms with Gasteiger partial charge in [-0.2, -0.15) is 0 Å². The number of aliphatic carboxylic acids is 1. The average molecular weight is 876 g/mol. The van der Waals surface area contributed by atoms with Crippen molar-refractivity contribution in [2.45, 2.75) is 82.8 Å². The second-order valence-electron chi connectivity index (χ2n) is 17.9. The number of nitro benzene ring substituents is 1. The summed E-state index contributed by atoms with van der Waals surface area (Å²) >= 11 is 0. The third kappa shape index (κ3) is 7.25. The quantitative estimate of drug-likeness (QED) is 0.0461. The third-order valence-corrected chi connectivity index (χ3v) is 21.6. The molecule has 0 aliphatic carbocycles. The van der Waals surface area contributed by atoms with Crippen molar-refractivity contribution in [1.29, 1.82) is 0 Å². The first-order valence-electron chi connectivity index (χ1n) is 21.7. The molecule has 0 spiro atoms. The molecular weight excluding hydrogens is 819 g/mol. The number of ether oxygens (including phenoxy) is 1. The Bertz CT molecular complexity index is 2400. The highest BCUT2D eigenvalue weighted by molar-refractivity contribution is 7.93. The highest BCUT2D eigenvalue weighted by atomic mass is 32.2. The number of non-ortho nitro benzene ring substituents is 1. The number of benzene rings is 3. The Hall–Kier alpha value is -4.68. The zero-order valence-corrected chi connectivity index (χ0v) is 37.5. The molecule has 6 aliphatic rings. The van der Waals surface area contributed by atoms with E-state index in [9.17, 15) is 38.0 Å². The zero-order valence-electron chi connectivity index (χ0n) is 35.7. The van der Waals surface area contributed by atoms with Gasteiger partial charge in [-0.25, -0.2) is 18.0 Å². The molecule has 2 bridgehead atoms. The van der Waals surface area contributed by atoms with Crippen molar-refractivity contribution in [3.63, 3.8) is 0 Å². The number of piperazine rings is 3. The fraction of sp³-hybridized carbons (Fsp3) is 0.523. The van der Waals surface area contributed by atoms with E-state index in [1.54, 1.807) is 12.1 Å². The summed E-state index contributed by atoms with van der Waals surface area (Å²) in [4.78, 5) is 52.4. The number of nitro groups is 1. The van der Waals surface area contributed by atoms with Gasteiger partial charge >= 0.3 is 11.9 Å². The van der Waals surface area contributed by atoms with E-state index in [0.717, 1.165) is 85.8 Å². The molecule has 9 rings (SSSR count). The van der Waals surface area contributed by atoms with Crippen molar-refractivity contribution in [2.75, 3.05) is 63.2 Å². The van der Waals surface area contributed by atoms with Gasteiger partial charge in [-0.05, 0) is 71.4 Å². The molecule has 6 aliphatic heterocycles. The molecule has 15 nitrogen and oxygen atoms in total. The molecule has 0 aromatic heterocycles. The number of rotatable bonds is 17. The Morgan fingerprint density at radius 2 is 1.61 bits per heavy atom. The summed E-state index contributed by atoms with van der Waals surface area (Å²) in [6.07, 6.45) is 0.336. The first-order chi connectivity index (χ1) is 29.0. The van der Waals surface area contributed by atoms with Gasteiger partial charge in [0.1, 0.15) is 51.6 Å². The van der Waals surface area contributed by atoms with Crippen LogP contribution in [0.5, 0.6) is 0 Å². The largest absolute Gasteiger partial charge is 0.477 e. The van der Waals surface area contributed by atoms with Crippen molar-refractivity contribution >= 4 is 58.3 Å². The number of hydrogen-bond donors (Lipinski definition) is 1. The van der Waals surface area contributed by atoms with Crippen molar-refractivity contribution < 1.29 is 51.0 Å². The lowest BCUT2D eigenvalue weighted by atomic mass is 9.77. The second kappa shape index (κ2) is 15.9. The van der Waals surface area contributed by atoms with E-state index in [4.69, 9.17) is 9.16 Å². The van der Waals surface area contributed by atoms with Crippen molar-refractivity contribution in [3.8, 4) is 0 Å². The molecular formula is C44H57N5O10SSi+2. The van der Waals surface area contributed by atoms with Crippen LogP contribution >= 0.6 is 0 Å². The maximum Gasteiger partial charge on any atom is 0.359 e. The van der Waals surface area contributed by atoms with Crippen molar-refractivity contribution in [2.24, 2.45) is 11.8 Å². The van der Waals surface area contributed by atoms with Crippen LogP contribution in [0.25, 0.3) is 10.8 Å². The Balaban J connectivity index is 1.09. The maximum atomic E-state index is 14.6. The number of esters is 1. The van der Waals surface area contributed by atoms with Crippen LogP contribution in [0, 0.1) is 22.0 Å². The van der Waals surface area contributed by atoms with Crippen LogP contribution in [0.4, 0.5) is 11.4 Å².